The molecule has 0 spiro atoms. The average molecular weight is 274 g/mol. The average Bonchev–Trinajstić information content (AvgIpc) is 2.83. The molecule has 2 N–H and O–H groups in total. The molecule has 3 heterocycles. The van der Waals surface area contributed by atoms with Crippen LogP contribution in [0.15, 0.2) is 18.3 Å². The van der Waals surface area contributed by atoms with Crippen molar-refractivity contribution in [1.29, 1.82) is 0 Å². The Balaban J connectivity index is 2.09. The van der Waals surface area contributed by atoms with Gasteiger partial charge in [-0.15, -0.1) is 5.10 Å². The van der Waals surface area contributed by atoms with Crippen LogP contribution in [0.3, 0.4) is 0 Å². The normalized spacial score (nSPS) is 19.1. The highest BCUT2D eigenvalue weighted by molar-refractivity contribution is 6.01. The van der Waals surface area contributed by atoms with Gasteiger partial charge in [0.15, 0.2) is 5.65 Å². The number of nitrogens with zero attached hydrogens (tertiary/aromatic N) is 3. The lowest BCUT2D eigenvalue weighted by Gasteiger charge is -2.20. The van der Waals surface area contributed by atoms with Crippen LogP contribution >= 0.6 is 0 Å². The van der Waals surface area contributed by atoms with Crippen LogP contribution in [0, 0.1) is 0 Å². The van der Waals surface area contributed by atoms with Crippen molar-refractivity contribution in [3.8, 4) is 0 Å². The summed E-state index contributed by atoms with van der Waals surface area (Å²) in [6.07, 6.45) is 2.18. The predicted octanol–water partition coefficient (Wildman–Crippen LogP) is -0.0523. The first kappa shape index (κ1) is 12.3. The zero-order valence-corrected chi connectivity index (χ0v) is 10.2. The molecule has 0 radical (unpaired) electrons. The third-order valence-electron chi connectivity index (χ3n) is 3.20. The van der Waals surface area contributed by atoms with Crippen LogP contribution in [-0.4, -0.2) is 37.5 Å². The molecule has 0 bridgehead atoms. The summed E-state index contributed by atoms with van der Waals surface area (Å²) in [7, 11) is 0. The highest BCUT2D eigenvalue weighted by Gasteiger charge is 2.30. The summed E-state index contributed by atoms with van der Waals surface area (Å²) in [4.78, 5) is 37.9. The van der Waals surface area contributed by atoms with E-state index in [1.54, 1.807) is 18.3 Å². The molecule has 2 aromatic heterocycles. The summed E-state index contributed by atoms with van der Waals surface area (Å²) in [5.41, 5.74) is 0.886. The second-order valence-corrected chi connectivity index (χ2v) is 4.48. The number of carboxylic acids is 1. The Kier molecular flexibility index (Phi) is 2.70. The fourth-order valence-corrected chi connectivity index (χ4v) is 2.28. The lowest BCUT2D eigenvalue weighted by molar-refractivity contribution is -0.134. The summed E-state index contributed by atoms with van der Waals surface area (Å²) in [6.45, 7) is 0. The van der Waals surface area contributed by atoms with E-state index >= 15 is 0 Å². The number of carbonyl (C=O) groups is 3. The van der Waals surface area contributed by atoms with Crippen molar-refractivity contribution >= 4 is 23.4 Å². The summed E-state index contributed by atoms with van der Waals surface area (Å²) in [6, 6.07) is 3.35. The third-order valence-corrected chi connectivity index (χ3v) is 3.20. The summed E-state index contributed by atoms with van der Waals surface area (Å²) in [5, 5.41) is 15.0. The van der Waals surface area contributed by atoms with Gasteiger partial charge in [0.1, 0.15) is 0 Å². The molecule has 0 saturated carbocycles. The number of imide groups is 1. The third kappa shape index (κ3) is 1.91. The monoisotopic (exact) mass is 274 g/mol. The van der Waals surface area contributed by atoms with Gasteiger partial charge in [-0.05, 0) is 12.5 Å². The van der Waals surface area contributed by atoms with E-state index in [9.17, 15) is 14.4 Å². The fourth-order valence-electron chi connectivity index (χ4n) is 2.28. The topological polar surface area (TPSA) is 114 Å². The molecule has 1 aliphatic rings. The number of rotatable bonds is 2. The number of carbonyl (C=O) groups excluding carboxylic acids is 2. The van der Waals surface area contributed by atoms with E-state index in [0.717, 1.165) is 0 Å². The van der Waals surface area contributed by atoms with E-state index in [1.807, 2.05) is 0 Å². The van der Waals surface area contributed by atoms with Crippen molar-refractivity contribution in [2.24, 2.45) is 0 Å². The molecular formula is C12H10N4O4. The first-order chi connectivity index (χ1) is 9.56. The Bertz CT molecular complexity index is 736. The fraction of sp³-hybridized carbons (Fsp3) is 0.250. The first-order valence-electron chi connectivity index (χ1n) is 5.98. The van der Waals surface area contributed by atoms with Crippen LogP contribution in [0.25, 0.3) is 5.65 Å². The molecule has 3 rings (SSSR count). The van der Waals surface area contributed by atoms with Gasteiger partial charge in [0.2, 0.25) is 11.8 Å². The quantitative estimate of drug-likeness (QED) is 0.742. The van der Waals surface area contributed by atoms with Gasteiger partial charge < -0.3 is 5.11 Å². The van der Waals surface area contributed by atoms with Crippen LogP contribution in [-0.2, 0) is 9.59 Å². The van der Waals surface area contributed by atoms with Gasteiger partial charge in [-0.2, -0.15) is 0 Å². The number of hydrogen-bond acceptors (Lipinski definition) is 5. The SMILES string of the molecule is O=C1CCC(c2cccn3nc(C(=O)O)nc23)C(=O)N1. The number of piperidine rings is 1. The van der Waals surface area contributed by atoms with E-state index in [4.69, 9.17) is 5.11 Å². The number of aromatic carboxylic acids is 1. The van der Waals surface area contributed by atoms with E-state index in [2.05, 4.69) is 15.4 Å². The Labute approximate surface area is 112 Å². The van der Waals surface area contributed by atoms with Crippen molar-refractivity contribution in [3.63, 3.8) is 0 Å². The van der Waals surface area contributed by atoms with Gasteiger partial charge in [-0.3, -0.25) is 14.9 Å². The minimum atomic E-state index is -1.23. The molecule has 1 fully saturated rings. The van der Waals surface area contributed by atoms with Gasteiger partial charge in [-0.1, -0.05) is 6.07 Å². The van der Waals surface area contributed by atoms with Gasteiger partial charge in [0.25, 0.3) is 5.82 Å². The number of amides is 2. The summed E-state index contributed by atoms with van der Waals surface area (Å²) in [5.74, 6) is -2.78. The number of carboxylic acid groups (broad SMARTS) is 1. The second kappa shape index (κ2) is 4.41. The number of fused-ring (bicyclic) bond motifs is 1. The van der Waals surface area contributed by atoms with E-state index < -0.39 is 17.8 Å². The van der Waals surface area contributed by atoms with Crippen molar-refractivity contribution in [3.05, 3.63) is 29.7 Å². The van der Waals surface area contributed by atoms with Gasteiger partial charge in [0.05, 0.1) is 5.92 Å². The maximum Gasteiger partial charge on any atom is 0.375 e. The minimum Gasteiger partial charge on any atom is -0.475 e. The lowest BCUT2D eigenvalue weighted by Crippen LogP contribution is -2.39. The molecule has 8 heteroatoms. The molecule has 1 aliphatic heterocycles. The smallest absolute Gasteiger partial charge is 0.375 e. The van der Waals surface area contributed by atoms with Crippen molar-refractivity contribution < 1.29 is 19.5 Å². The largest absolute Gasteiger partial charge is 0.475 e. The van der Waals surface area contributed by atoms with E-state index in [-0.39, 0.29) is 18.2 Å². The van der Waals surface area contributed by atoms with Gasteiger partial charge in [-0.25, -0.2) is 14.3 Å². The highest BCUT2D eigenvalue weighted by atomic mass is 16.4. The Morgan fingerprint density at radius 2 is 2.25 bits per heavy atom. The predicted molar refractivity (Wildman–Crippen MR) is 65.1 cm³/mol. The second-order valence-electron chi connectivity index (χ2n) is 4.48. The maximum atomic E-state index is 11.9. The van der Waals surface area contributed by atoms with Crippen molar-refractivity contribution in [1.82, 2.24) is 19.9 Å². The Hall–Kier alpha value is -2.77. The highest BCUT2D eigenvalue weighted by Crippen LogP contribution is 2.27. The molecule has 2 amide bonds. The summed E-state index contributed by atoms with van der Waals surface area (Å²) < 4.78 is 1.32. The van der Waals surface area contributed by atoms with Crippen LogP contribution in [0.2, 0.25) is 0 Å². The molecule has 1 saturated heterocycles. The molecule has 2 aromatic rings. The van der Waals surface area contributed by atoms with Crippen LogP contribution in [0.1, 0.15) is 34.9 Å². The molecule has 1 atom stereocenters. The standard InChI is InChI=1S/C12H10N4O4/c17-8-4-3-7(11(18)13-8)6-2-1-5-16-10(6)14-9(15-16)12(19)20/h1-2,5,7H,3-4H2,(H,19,20)(H,13,17,18). The van der Waals surface area contributed by atoms with Gasteiger partial charge >= 0.3 is 5.97 Å². The number of aromatic nitrogens is 3. The molecule has 1 unspecified atom stereocenters. The van der Waals surface area contributed by atoms with E-state index in [0.29, 0.717) is 17.6 Å². The Morgan fingerprint density at radius 1 is 1.45 bits per heavy atom. The maximum absolute atomic E-state index is 11.9. The van der Waals surface area contributed by atoms with Crippen LogP contribution < -0.4 is 5.32 Å². The molecule has 0 aromatic carbocycles. The number of hydrogen-bond donors (Lipinski definition) is 2. The lowest BCUT2D eigenvalue weighted by atomic mass is 9.91. The van der Waals surface area contributed by atoms with Crippen molar-refractivity contribution in [2.45, 2.75) is 18.8 Å². The summed E-state index contributed by atoms with van der Waals surface area (Å²) >= 11 is 0. The Morgan fingerprint density at radius 3 is 2.95 bits per heavy atom. The zero-order valence-electron chi connectivity index (χ0n) is 10.2. The van der Waals surface area contributed by atoms with Gasteiger partial charge in [0, 0.05) is 18.2 Å². The van der Waals surface area contributed by atoms with Crippen molar-refractivity contribution in [2.75, 3.05) is 0 Å². The van der Waals surface area contributed by atoms with Crippen LogP contribution in [0.4, 0.5) is 0 Å². The minimum absolute atomic E-state index is 0.247. The molecule has 0 aliphatic carbocycles. The van der Waals surface area contributed by atoms with E-state index in [1.165, 1.54) is 4.52 Å². The molecule has 20 heavy (non-hydrogen) atoms. The number of nitrogens with one attached hydrogen (secondary N) is 1. The number of pyridine rings is 1. The first-order valence-corrected chi connectivity index (χ1v) is 5.98. The molecular weight excluding hydrogens is 264 g/mol. The molecule has 8 nitrogen and oxygen atoms in total. The molecule has 102 valence electrons. The zero-order chi connectivity index (χ0) is 14.3. The van der Waals surface area contributed by atoms with Crippen LogP contribution in [0.5, 0.6) is 0 Å².